The number of rotatable bonds is 1. The maximum atomic E-state index is 12.7. The fourth-order valence-corrected chi connectivity index (χ4v) is 3.31. The van der Waals surface area contributed by atoms with E-state index in [-0.39, 0.29) is 5.91 Å². The highest BCUT2D eigenvalue weighted by molar-refractivity contribution is 9.10. The Labute approximate surface area is 116 Å². The topological polar surface area (TPSA) is 38.1 Å². The van der Waals surface area contributed by atoms with Crippen LogP contribution in [0.2, 0.25) is 0 Å². The van der Waals surface area contributed by atoms with Gasteiger partial charge >= 0.3 is 0 Å². The molecule has 0 aliphatic carbocycles. The fraction of sp³-hybridized carbons (Fsp3) is 0.692. The first kappa shape index (κ1) is 13.6. The van der Waals surface area contributed by atoms with Crippen molar-refractivity contribution in [2.24, 2.45) is 7.05 Å². The SMILES string of the molecule is Cc1nn(C)c(C(=O)N2[C@@H](C)CCC[C@@H]2C)c1Br. The molecule has 1 amide bonds. The average molecular weight is 314 g/mol. The van der Waals surface area contributed by atoms with Crippen molar-refractivity contribution in [3.8, 4) is 0 Å². The normalized spacial score (nSPS) is 24.4. The third-order valence-electron chi connectivity index (χ3n) is 3.78. The number of aryl methyl sites for hydroxylation is 2. The second kappa shape index (κ2) is 5.03. The van der Waals surface area contributed by atoms with Crippen LogP contribution in [0.25, 0.3) is 0 Å². The minimum Gasteiger partial charge on any atom is -0.332 e. The first-order valence-electron chi connectivity index (χ1n) is 6.45. The van der Waals surface area contributed by atoms with Crippen LogP contribution in [0.15, 0.2) is 4.47 Å². The van der Waals surface area contributed by atoms with Crippen LogP contribution in [-0.2, 0) is 7.05 Å². The molecular formula is C13H20BrN3O. The Balaban J connectivity index is 2.35. The summed E-state index contributed by atoms with van der Waals surface area (Å²) in [7, 11) is 1.82. The summed E-state index contributed by atoms with van der Waals surface area (Å²) in [6.07, 6.45) is 3.38. The minimum absolute atomic E-state index is 0.0877. The molecular weight excluding hydrogens is 294 g/mol. The van der Waals surface area contributed by atoms with Crippen molar-refractivity contribution in [2.75, 3.05) is 0 Å². The number of piperidine rings is 1. The Kier molecular flexibility index (Phi) is 3.80. The molecule has 2 atom stereocenters. The molecule has 1 aliphatic heterocycles. The molecule has 0 radical (unpaired) electrons. The quantitative estimate of drug-likeness (QED) is 0.799. The lowest BCUT2D eigenvalue weighted by molar-refractivity contribution is 0.0498. The van der Waals surface area contributed by atoms with E-state index in [0.717, 1.165) is 23.0 Å². The maximum absolute atomic E-state index is 12.7. The molecule has 0 N–H and O–H groups in total. The van der Waals surface area contributed by atoms with Crippen molar-refractivity contribution in [1.82, 2.24) is 14.7 Å². The third kappa shape index (κ3) is 2.20. The second-order valence-corrected chi connectivity index (χ2v) is 6.01. The molecule has 0 spiro atoms. The second-order valence-electron chi connectivity index (χ2n) is 5.21. The van der Waals surface area contributed by atoms with Crippen molar-refractivity contribution in [3.05, 3.63) is 15.9 Å². The number of carbonyl (C=O) groups is 1. The van der Waals surface area contributed by atoms with E-state index in [4.69, 9.17) is 0 Å². The predicted molar refractivity (Wildman–Crippen MR) is 74.6 cm³/mol. The van der Waals surface area contributed by atoms with Crippen molar-refractivity contribution >= 4 is 21.8 Å². The summed E-state index contributed by atoms with van der Waals surface area (Å²) in [4.78, 5) is 14.7. The number of hydrogen-bond acceptors (Lipinski definition) is 2. The lowest BCUT2D eigenvalue weighted by Crippen LogP contribution is -2.48. The van der Waals surface area contributed by atoms with Crippen molar-refractivity contribution < 1.29 is 4.79 Å². The van der Waals surface area contributed by atoms with Gasteiger partial charge in [0.1, 0.15) is 5.69 Å². The van der Waals surface area contributed by atoms with E-state index in [1.54, 1.807) is 4.68 Å². The van der Waals surface area contributed by atoms with E-state index in [2.05, 4.69) is 34.9 Å². The molecule has 1 aromatic heterocycles. The summed E-state index contributed by atoms with van der Waals surface area (Å²) in [5.74, 6) is 0.0877. The average Bonchev–Trinajstić information content (AvgIpc) is 2.52. The smallest absolute Gasteiger partial charge is 0.273 e. The van der Waals surface area contributed by atoms with Crippen LogP contribution < -0.4 is 0 Å². The van der Waals surface area contributed by atoms with Crippen LogP contribution in [-0.4, -0.2) is 32.7 Å². The predicted octanol–water partition coefficient (Wildman–Crippen LogP) is 2.89. The number of nitrogens with zero attached hydrogens (tertiary/aromatic N) is 3. The summed E-state index contributed by atoms with van der Waals surface area (Å²) in [6.45, 7) is 6.17. The molecule has 1 aliphatic rings. The van der Waals surface area contributed by atoms with Crippen LogP contribution in [0.1, 0.15) is 49.3 Å². The number of aromatic nitrogens is 2. The Bertz CT molecular complexity index is 459. The van der Waals surface area contributed by atoms with E-state index in [9.17, 15) is 4.79 Å². The molecule has 1 aromatic rings. The van der Waals surface area contributed by atoms with E-state index >= 15 is 0 Å². The van der Waals surface area contributed by atoms with Crippen LogP contribution in [0.5, 0.6) is 0 Å². The molecule has 100 valence electrons. The largest absolute Gasteiger partial charge is 0.332 e. The van der Waals surface area contributed by atoms with E-state index in [1.165, 1.54) is 6.42 Å². The van der Waals surface area contributed by atoms with Crippen LogP contribution in [0.4, 0.5) is 0 Å². The number of carbonyl (C=O) groups excluding carboxylic acids is 1. The Morgan fingerprint density at radius 2 is 1.89 bits per heavy atom. The van der Waals surface area contributed by atoms with Crippen LogP contribution >= 0.6 is 15.9 Å². The van der Waals surface area contributed by atoms with Gasteiger partial charge in [0.25, 0.3) is 5.91 Å². The van der Waals surface area contributed by atoms with Crippen LogP contribution in [0, 0.1) is 6.92 Å². The monoisotopic (exact) mass is 313 g/mol. The molecule has 0 aromatic carbocycles. The van der Waals surface area contributed by atoms with Gasteiger partial charge in [0.05, 0.1) is 10.2 Å². The minimum atomic E-state index is 0.0877. The first-order valence-corrected chi connectivity index (χ1v) is 7.24. The number of likely N-dealkylation sites (tertiary alicyclic amines) is 1. The summed E-state index contributed by atoms with van der Waals surface area (Å²) in [6, 6.07) is 0.617. The third-order valence-corrected chi connectivity index (χ3v) is 4.73. The molecule has 18 heavy (non-hydrogen) atoms. The Morgan fingerprint density at radius 3 is 2.33 bits per heavy atom. The highest BCUT2D eigenvalue weighted by Crippen LogP contribution is 2.28. The zero-order valence-electron chi connectivity index (χ0n) is 11.4. The fourth-order valence-electron chi connectivity index (χ4n) is 2.81. The van der Waals surface area contributed by atoms with Crippen molar-refractivity contribution in [3.63, 3.8) is 0 Å². The van der Waals surface area contributed by atoms with E-state index in [0.29, 0.717) is 17.8 Å². The van der Waals surface area contributed by atoms with Gasteiger partial charge in [-0.05, 0) is 56.0 Å². The number of hydrogen-bond donors (Lipinski definition) is 0. The van der Waals surface area contributed by atoms with E-state index < -0.39 is 0 Å². The molecule has 4 nitrogen and oxygen atoms in total. The van der Waals surface area contributed by atoms with Gasteiger partial charge in [-0.25, -0.2) is 0 Å². The van der Waals surface area contributed by atoms with Gasteiger partial charge in [-0.15, -0.1) is 0 Å². The first-order chi connectivity index (χ1) is 8.43. The molecule has 0 unspecified atom stereocenters. The van der Waals surface area contributed by atoms with Gasteiger partial charge in [-0.3, -0.25) is 9.48 Å². The zero-order valence-corrected chi connectivity index (χ0v) is 13.0. The standard InChI is InChI=1S/C13H20BrN3O/c1-8-6-5-7-9(2)17(8)13(18)12-11(14)10(3)15-16(12)4/h8-9H,5-7H2,1-4H3/t8-,9-/m0/s1. The van der Waals surface area contributed by atoms with Gasteiger partial charge in [-0.2, -0.15) is 5.10 Å². The number of amides is 1. The Hall–Kier alpha value is -0.840. The molecule has 1 saturated heterocycles. The van der Waals surface area contributed by atoms with Crippen molar-refractivity contribution in [1.29, 1.82) is 0 Å². The molecule has 1 fully saturated rings. The highest BCUT2D eigenvalue weighted by Gasteiger charge is 2.32. The van der Waals surface area contributed by atoms with Gasteiger partial charge in [0.15, 0.2) is 0 Å². The highest BCUT2D eigenvalue weighted by atomic mass is 79.9. The Morgan fingerprint density at radius 1 is 1.33 bits per heavy atom. The van der Waals surface area contributed by atoms with Gasteiger partial charge in [0, 0.05) is 19.1 Å². The summed E-state index contributed by atoms with van der Waals surface area (Å²) in [5.41, 5.74) is 1.52. The van der Waals surface area contributed by atoms with Crippen LogP contribution in [0.3, 0.4) is 0 Å². The van der Waals surface area contributed by atoms with Crippen molar-refractivity contribution in [2.45, 2.75) is 52.1 Å². The summed E-state index contributed by atoms with van der Waals surface area (Å²) >= 11 is 3.48. The van der Waals surface area contributed by atoms with Gasteiger partial charge in [-0.1, -0.05) is 0 Å². The lowest BCUT2D eigenvalue weighted by atomic mass is 9.97. The molecule has 0 bridgehead atoms. The maximum Gasteiger partial charge on any atom is 0.273 e. The molecule has 2 rings (SSSR count). The summed E-state index contributed by atoms with van der Waals surface area (Å²) < 4.78 is 2.50. The van der Waals surface area contributed by atoms with Gasteiger partial charge < -0.3 is 4.90 Å². The molecule has 0 saturated carbocycles. The molecule has 2 heterocycles. The van der Waals surface area contributed by atoms with E-state index in [1.807, 2.05) is 18.9 Å². The zero-order chi connectivity index (χ0) is 13.4. The number of halogens is 1. The lowest BCUT2D eigenvalue weighted by Gasteiger charge is -2.39. The van der Waals surface area contributed by atoms with Gasteiger partial charge in [0.2, 0.25) is 0 Å². The molecule has 5 heteroatoms. The summed E-state index contributed by atoms with van der Waals surface area (Å²) in [5, 5.41) is 4.30.